The Balaban J connectivity index is 2.07. The number of piperidine rings is 1. The second-order valence-electron chi connectivity index (χ2n) is 10.1. The largest absolute Gasteiger partial charge is 0.490 e. The van der Waals surface area contributed by atoms with Gasteiger partial charge in [0.1, 0.15) is 17.1 Å². The summed E-state index contributed by atoms with van der Waals surface area (Å²) < 4.78 is 23.4. The van der Waals surface area contributed by atoms with E-state index >= 15 is 4.39 Å². The maximum atomic E-state index is 15.5. The summed E-state index contributed by atoms with van der Waals surface area (Å²) in [7, 11) is 2.09. The molecule has 0 radical (unpaired) electrons. The van der Waals surface area contributed by atoms with Crippen molar-refractivity contribution < 1.29 is 13.9 Å². The van der Waals surface area contributed by atoms with Gasteiger partial charge in [-0.25, -0.2) is 9.37 Å². The Hall–Kier alpha value is -2.84. The van der Waals surface area contributed by atoms with Gasteiger partial charge in [0, 0.05) is 24.2 Å². The fourth-order valence-corrected chi connectivity index (χ4v) is 5.02. The van der Waals surface area contributed by atoms with Crippen LogP contribution in [-0.2, 0) is 0 Å². The number of amides is 1. The second-order valence-corrected chi connectivity index (χ2v) is 10.5. The van der Waals surface area contributed by atoms with Gasteiger partial charge >= 0.3 is 0 Å². The predicted molar refractivity (Wildman–Crippen MR) is 148 cm³/mol. The number of allylic oxidation sites excluding steroid dienone is 1. The third-order valence-corrected chi connectivity index (χ3v) is 7.01. The highest BCUT2D eigenvalue weighted by Crippen LogP contribution is 2.40. The van der Waals surface area contributed by atoms with Crippen molar-refractivity contribution in [1.82, 2.24) is 19.8 Å². The van der Waals surface area contributed by atoms with Crippen molar-refractivity contribution in [3.05, 3.63) is 57.9 Å². The number of imidazole rings is 1. The SMILES string of the molecule is C=C(N)c1c(C)nc(C(C)c2cc(Cl)c(F)c(C(=O)NCC3CCN(C)CC3)c2OC(C)C)n1/C=C\C. The van der Waals surface area contributed by atoms with Gasteiger partial charge in [0.05, 0.1) is 28.2 Å². The van der Waals surface area contributed by atoms with E-state index in [0.717, 1.165) is 25.9 Å². The van der Waals surface area contributed by atoms with Gasteiger partial charge in [-0.15, -0.1) is 0 Å². The number of carbonyl (C=O) groups is 1. The van der Waals surface area contributed by atoms with Crippen molar-refractivity contribution in [3.8, 4) is 5.75 Å². The number of benzene rings is 1. The molecule has 2 aromatic rings. The van der Waals surface area contributed by atoms with Crippen molar-refractivity contribution in [1.29, 1.82) is 0 Å². The number of likely N-dealkylation sites (tertiary alicyclic amines) is 1. The molecule has 1 aromatic heterocycles. The molecular formula is C28H39ClFN5O2. The van der Waals surface area contributed by atoms with Crippen LogP contribution < -0.4 is 15.8 Å². The summed E-state index contributed by atoms with van der Waals surface area (Å²) >= 11 is 6.36. The standard InChI is InChI=1S/C28H39ClFN5O2/c1-8-11-35-25(18(5)31)19(6)33-27(35)17(4)21-14-22(29)24(30)23(26(21)37-16(2)3)28(36)32-15-20-9-12-34(7)13-10-20/h8,11,14,16-17,20H,5,9-10,12-13,15,31H2,1-4,6-7H3,(H,32,36)/b11-8-. The van der Waals surface area contributed by atoms with Crippen LogP contribution in [0.4, 0.5) is 4.39 Å². The van der Waals surface area contributed by atoms with Crippen LogP contribution in [0.1, 0.15) is 79.6 Å². The van der Waals surface area contributed by atoms with Gasteiger partial charge in [-0.3, -0.25) is 4.79 Å². The molecule has 0 spiro atoms. The highest BCUT2D eigenvalue weighted by molar-refractivity contribution is 6.31. The molecule has 1 saturated heterocycles. The van der Waals surface area contributed by atoms with Gasteiger partial charge in [0.2, 0.25) is 0 Å². The summed E-state index contributed by atoms with van der Waals surface area (Å²) in [6.45, 7) is 15.7. The molecule has 202 valence electrons. The number of aryl methyl sites for hydroxylation is 1. The molecule has 37 heavy (non-hydrogen) atoms. The van der Waals surface area contributed by atoms with Crippen LogP contribution in [0.25, 0.3) is 11.9 Å². The van der Waals surface area contributed by atoms with Crippen molar-refractivity contribution in [2.24, 2.45) is 11.7 Å². The molecule has 1 aliphatic heterocycles. The second kappa shape index (κ2) is 12.1. The average Bonchev–Trinajstić information content (AvgIpc) is 3.16. The number of aromatic nitrogens is 2. The summed E-state index contributed by atoms with van der Waals surface area (Å²) in [5, 5.41) is 2.79. The number of carbonyl (C=O) groups excluding carboxylic acids is 1. The Morgan fingerprint density at radius 1 is 1.38 bits per heavy atom. The van der Waals surface area contributed by atoms with Crippen molar-refractivity contribution >= 4 is 29.4 Å². The number of hydrogen-bond donors (Lipinski definition) is 2. The van der Waals surface area contributed by atoms with Crippen molar-refractivity contribution in [2.45, 2.75) is 59.5 Å². The van der Waals surface area contributed by atoms with Gasteiger partial charge in [0.15, 0.2) is 5.82 Å². The summed E-state index contributed by atoms with van der Waals surface area (Å²) in [6.07, 6.45) is 5.38. The fraction of sp³-hybridized carbons (Fsp3) is 0.500. The van der Waals surface area contributed by atoms with E-state index in [1.54, 1.807) is 0 Å². The number of halogens is 2. The number of hydrogen-bond acceptors (Lipinski definition) is 5. The maximum absolute atomic E-state index is 15.5. The molecule has 3 N–H and O–H groups in total. The lowest BCUT2D eigenvalue weighted by atomic mass is 9.94. The number of ether oxygens (including phenoxy) is 1. The molecule has 1 unspecified atom stereocenters. The lowest BCUT2D eigenvalue weighted by molar-refractivity contribution is 0.0928. The summed E-state index contributed by atoms with van der Waals surface area (Å²) in [5.74, 6) is -0.577. The van der Waals surface area contributed by atoms with Gasteiger partial charge in [-0.1, -0.05) is 31.2 Å². The molecule has 1 fully saturated rings. The van der Waals surface area contributed by atoms with Gasteiger partial charge in [-0.05, 0) is 72.7 Å². The molecule has 3 rings (SSSR count). The number of rotatable bonds is 9. The molecule has 1 aromatic carbocycles. The molecular weight excluding hydrogens is 493 g/mol. The molecule has 0 aliphatic carbocycles. The zero-order valence-electron chi connectivity index (χ0n) is 22.7. The Morgan fingerprint density at radius 3 is 2.59 bits per heavy atom. The summed E-state index contributed by atoms with van der Waals surface area (Å²) in [5.41, 5.74) is 8.23. The highest BCUT2D eigenvalue weighted by atomic mass is 35.5. The molecule has 1 aliphatic rings. The molecule has 9 heteroatoms. The van der Waals surface area contributed by atoms with Crippen LogP contribution in [0.5, 0.6) is 5.75 Å². The molecule has 0 bridgehead atoms. The van der Waals surface area contributed by atoms with Gasteiger partial charge in [-0.2, -0.15) is 0 Å². The molecule has 2 heterocycles. The number of nitrogens with two attached hydrogens (primary N) is 1. The molecule has 7 nitrogen and oxygen atoms in total. The lowest BCUT2D eigenvalue weighted by Crippen LogP contribution is -2.37. The third kappa shape index (κ3) is 6.36. The quantitative estimate of drug-likeness (QED) is 0.451. The minimum Gasteiger partial charge on any atom is -0.490 e. The summed E-state index contributed by atoms with van der Waals surface area (Å²) in [4.78, 5) is 20.4. The minimum absolute atomic E-state index is 0.147. The smallest absolute Gasteiger partial charge is 0.258 e. The van der Waals surface area contributed by atoms with E-state index in [1.165, 1.54) is 6.07 Å². The third-order valence-electron chi connectivity index (χ3n) is 6.74. The fourth-order valence-electron chi connectivity index (χ4n) is 4.81. The van der Waals surface area contributed by atoms with Crippen LogP contribution in [0.3, 0.4) is 0 Å². The Morgan fingerprint density at radius 2 is 2.03 bits per heavy atom. The summed E-state index contributed by atoms with van der Waals surface area (Å²) in [6, 6.07) is 1.52. The van der Waals surface area contributed by atoms with E-state index in [0.29, 0.717) is 40.9 Å². The first-order valence-corrected chi connectivity index (χ1v) is 13.2. The molecule has 0 saturated carbocycles. The zero-order valence-corrected chi connectivity index (χ0v) is 23.5. The first-order chi connectivity index (χ1) is 17.5. The predicted octanol–water partition coefficient (Wildman–Crippen LogP) is 5.41. The first kappa shape index (κ1) is 28.7. The highest BCUT2D eigenvalue weighted by Gasteiger charge is 2.31. The van der Waals surface area contributed by atoms with E-state index in [9.17, 15) is 4.79 Å². The monoisotopic (exact) mass is 531 g/mol. The number of nitrogens with one attached hydrogen (secondary N) is 1. The Kier molecular flexibility index (Phi) is 9.42. The van der Waals surface area contributed by atoms with Crippen LogP contribution in [0, 0.1) is 18.7 Å². The average molecular weight is 532 g/mol. The van der Waals surface area contributed by atoms with Gasteiger partial charge in [0.25, 0.3) is 5.91 Å². The minimum atomic E-state index is -0.793. The lowest BCUT2D eigenvalue weighted by Gasteiger charge is -2.29. The Bertz CT molecular complexity index is 1180. The maximum Gasteiger partial charge on any atom is 0.258 e. The van der Waals surface area contributed by atoms with Crippen LogP contribution in [0.15, 0.2) is 18.7 Å². The van der Waals surface area contributed by atoms with Crippen LogP contribution in [-0.4, -0.2) is 53.1 Å². The zero-order chi connectivity index (χ0) is 27.4. The van der Waals surface area contributed by atoms with E-state index in [1.807, 2.05) is 51.5 Å². The van der Waals surface area contributed by atoms with E-state index in [2.05, 4.69) is 23.8 Å². The number of nitrogens with zero attached hydrogens (tertiary/aromatic N) is 3. The van der Waals surface area contributed by atoms with E-state index in [-0.39, 0.29) is 22.4 Å². The normalized spacial score (nSPS) is 15.9. The van der Waals surface area contributed by atoms with E-state index < -0.39 is 17.6 Å². The van der Waals surface area contributed by atoms with Crippen LogP contribution in [0.2, 0.25) is 5.02 Å². The molecule has 1 atom stereocenters. The van der Waals surface area contributed by atoms with Crippen LogP contribution >= 0.6 is 11.6 Å². The van der Waals surface area contributed by atoms with Crippen molar-refractivity contribution in [2.75, 3.05) is 26.7 Å². The topological polar surface area (TPSA) is 85.4 Å². The first-order valence-electron chi connectivity index (χ1n) is 12.8. The van der Waals surface area contributed by atoms with Gasteiger partial charge < -0.3 is 25.3 Å². The van der Waals surface area contributed by atoms with Crippen molar-refractivity contribution in [3.63, 3.8) is 0 Å². The van der Waals surface area contributed by atoms with E-state index in [4.69, 9.17) is 27.1 Å². The Labute approximate surface area is 224 Å². The molecule has 1 amide bonds.